The average Bonchev–Trinajstić information content (AvgIpc) is 2.71. The van der Waals surface area contributed by atoms with Gasteiger partial charge in [0.1, 0.15) is 6.10 Å². The van der Waals surface area contributed by atoms with Crippen molar-refractivity contribution in [1.82, 2.24) is 0 Å². The van der Waals surface area contributed by atoms with Crippen LogP contribution in [0.15, 0.2) is 34.4 Å². The Labute approximate surface area is 102 Å². The zero-order chi connectivity index (χ0) is 12.2. The van der Waals surface area contributed by atoms with Crippen molar-refractivity contribution in [1.29, 1.82) is 0 Å². The lowest BCUT2D eigenvalue weighted by Crippen LogP contribution is -2.18. The maximum Gasteiger partial charge on any atom is 0.309 e. The minimum atomic E-state index is -0.0135. The predicted octanol–water partition coefficient (Wildman–Crippen LogP) is 3.16. The molecule has 2 aliphatic carbocycles. The molecule has 3 rings (SSSR count). The molecule has 2 heteroatoms. The van der Waals surface area contributed by atoms with Gasteiger partial charge in [-0.2, -0.15) is 0 Å². The van der Waals surface area contributed by atoms with Gasteiger partial charge in [0, 0.05) is 12.3 Å². The zero-order valence-corrected chi connectivity index (χ0v) is 10.6. The Kier molecular flexibility index (Phi) is 2.29. The second kappa shape index (κ2) is 3.59. The Morgan fingerprint density at radius 3 is 2.76 bits per heavy atom. The Bertz CT molecular complexity index is 479. The van der Waals surface area contributed by atoms with Crippen molar-refractivity contribution < 1.29 is 9.53 Å². The molecule has 2 nitrogen and oxygen atoms in total. The van der Waals surface area contributed by atoms with E-state index in [9.17, 15) is 4.79 Å². The summed E-state index contributed by atoms with van der Waals surface area (Å²) in [6.07, 6.45) is 6.40. The Balaban J connectivity index is 2.02. The van der Waals surface area contributed by atoms with Crippen LogP contribution in [0.3, 0.4) is 0 Å². The van der Waals surface area contributed by atoms with Crippen molar-refractivity contribution in [3.8, 4) is 0 Å². The highest BCUT2D eigenvalue weighted by Gasteiger charge is 2.44. The van der Waals surface area contributed by atoms with Crippen LogP contribution >= 0.6 is 0 Å². The summed E-state index contributed by atoms with van der Waals surface area (Å²) in [4.78, 5) is 11.7. The third-order valence-electron chi connectivity index (χ3n) is 4.47. The lowest BCUT2D eigenvalue weighted by atomic mass is 9.85. The molecule has 0 bridgehead atoms. The van der Waals surface area contributed by atoms with Gasteiger partial charge >= 0.3 is 5.97 Å². The first-order valence-corrected chi connectivity index (χ1v) is 6.36. The number of hydrogen-bond donors (Lipinski definition) is 0. The van der Waals surface area contributed by atoms with Crippen LogP contribution in [0, 0.1) is 11.8 Å². The first-order chi connectivity index (χ1) is 8.08. The van der Waals surface area contributed by atoms with Crippen molar-refractivity contribution in [2.24, 2.45) is 11.8 Å². The summed E-state index contributed by atoms with van der Waals surface area (Å²) in [5, 5.41) is 0. The van der Waals surface area contributed by atoms with Gasteiger partial charge in [0.25, 0.3) is 0 Å². The lowest BCUT2D eigenvalue weighted by Gasteiger charge is -2.17. The minimum Gasteiger partial charge on any atom is -0.461 e. The van der Waals surface area contributed by atoms with E-state index in [0.717, 1.165) is 12.8 Å². The SMILES string of the molecule is CC1=C2C[C@H]3[C@@H](CC(C)=C2C=C1)OC(=O)[C@@H]3C. The third kappa shape index (κ3) is 1.50. The molecule has 0 aromatic heterocycles. The fourth-order valence-corrected chi connectivity index (χ4v) is 3.28. The zero-order valence-electron chi connectivity index (χ0n) is 10.6. The molecule has 0 spiro atoms. The molecule has 0 radical (unpaired) electrons. The van der Waals surface area contributed by atoms with Crippen molar-refractivity contribution in [2.45, 2.75) is 39.7 Å². The topological polar surface area (TPSA) is 26.3 Å². The number of carbonyl (C=O) groups excluding carboxylic acids is 1. The summed E-state index contributed by atoms with van der Waals surface area (Å²) in [5.74, 6) is 0.397. The molecule has 3 aliphatic rings. The number of fused-ring (bicyclic) bond motifs is 2. The van der Waals surface area contributed by atoms with Crippen molar-refractivity contribution >= 4 is 5.97 Å². The van der Waals surface area contributed by atoms with Gasteiger partial charge in [-0.25, -0.2) is 0 Å². The first kappa shape index (κ1) is 10.8. The van der Waals surface area contributed by atoms with E-state index >= 15 is 0 Å². The van der Waals surface area contributed by atoms with Gasteiger partial charge in [-0.3, -0.25) is 4.79 Å². The molecule has 1 fully saturated rings. The number of rotatable bonds is 0. The molecule has 0 aromatic rings. The standard InChI is InChI=1S/C15H18O2/c1-8-4-5-11-9(2)6-14-13(7-12(8)11)10(3)15(16)17-14/h4-5,10,13-14H,6-7H2,1-3H3/t10-,13-,14-/m1/s1. The van der Waals surface area contributed by atoms with Crippen LogP contribution in [-0.2, 0) is 9.53 Å². The Morgan fingerprint density at radius 1 is 1.24 bits per heavy atom. The fourth-order valence-electron chi connectivity index (χ4n) is 3.28. The summed E-state index contributed by atoms with van der Waals surface area (Å²) >= 11 is 0. The highest BCUT2D eigenvalue weighted by Crippen LogP contribution is 2.44. The molecule has 90 valence electrons. The molecule has 1 aliphatic heterocycles. The summed E-state index contributed by atoms with van der Waals surface area (Å²) < 4.78 is 5.51. The van der Waals surface area contributed by atoms with E-state index in [-0.39, 0.29) is 18.0 Å². The Hall–Kier alpha value is -1.31. The molecule has 0 unspecified atom stereocenters. The van der Waals surface area contributed by atoms with Crippen molar-refractivity contribution in [3.63, 3.8) is 0 Å². The van der Waals surface area contributed by atoms with Crippen LogP contribution in [-0.4, -0.2) is 12.1 Å². The summed E-state index contributed by atoms with van der Waals surface area (Å²) in [6, 6.07) is 0. The van der Waals surface area contributed by atoms with Crippen LogP contribution in [0.2, 0.25) is 0 Å². The number of carbonyl (C=O) groups is 1. The highest BCUT2D eigenvalue weighted by atomic mass is 16.6. The van der Waals surface area contributed by atoms with E-state index in [1.54, 1.807) is 0 Å². The maximum atomic E-state index is 11.7. The van der Waals surface area contributed by atoms with E-state index in [1.165, 1.54) is 22.3 Å². The van der Waals surface area contributed by atoms with Crippen LogP contribution in [0.5, 0.6) is 0 Å². The fraction of sp³-hybridized carbons (Fsp3) is 0.533. The summed E-state index contributed by atoms with van der Waals surface area (Å²) in [7, 11) is 0. The largest absolute Gasteiger partial charge is 0.461 e. The van der Waals surface area contributed by atoms with E-state index in [2.05, 4.69) is 26.0 Å². The van der Waals surface area contributed by atoms with Crippen molar-refractivity contribution in [2.75, 3.05) is 0 Å². The summed E-state index contributed by atoms with van der Waals surface area (Å²) in [6.45, 7) is 6.33. The van der Waals surface area contributed by atoms with Gasteiger partial charge in [-0.1, -0.05) is 24.6 Å². The molecule has 0 aromatic carbocycles. The molecule has 0 amide bonds. The molecule has 1 saturated heterocycles. The van der Waals surface area contributed by atoms with Crippen LogP contribution < -0.4 is 0 Å². The van der Waals surface area contributed by atoms with E-state index in [1.807, 2.05) is 6.92 Å². The molecule has 17 heavy (non-hydrogen) atoms. The third-order valence-corrected chi connectivity index (χ3v) is 4.47. The van der Waals surface area contributed by atoms with Gasteiger partial charge in [0.15, 0.2) is 0 Å². The lowest BCUT2D eigenvalue weighted by molar-refractivity contribution is -0.143. The van der Waals surface area contributed by atoms with E-state index < -0.39 is 0 Å². The van der Waals surface area contributed by atoms with Gasteiger partial charge < -0.3 is 4.74 Å². The molecule has 0 N–H and O–H groups in total. The molecule has 0 saturated carbocycles. The van der Waals surface area contributed by atoms with E-state index in [4.69, 9.17) is 4.74 Å². The smallest absolute Gasteiger partial charge is 0.309 e. The molecular weight excluding hydrogens is 212 g/mol. The van der Waals surface area contributed by atoms with Gasteiger partial charge in [0.2, 0.25) is 0 Å². The van der Waals surface area contributed by atoms with Gasteiger partial charge in [0.05, 0.1) is 5.92 Å². The van der Waals surface area contributed by atoms with E-state index in [0.29, 0.717) is 5.92 Å². The second-order valence-corrected chi connectivity index (χ2v) is 5.53. The van der Waals surface area contributed by atoms with Crippen LogP contribution in [0.25, 0.3) is 0 Å². The normalized spacial score (nSPS) is 35.9. The first-order valence-electron chi connectivity index (χ1n) is 6.36. The van der Waals surface area contributed by atoms with Crippen LogP contribution in [0.4, 0.5) is 0 Å². The molecular formula is C15H18O2. The average molecular weight is 230 g/mol. The minimum absolute atomic E-state index is 0.0135. The number of esters is 1. The maximum absolute atomic E-state index is 11.7. The molecule has 1 heterocycles. The number of allylic oxidation sites excluding steroid dienone is 5. The number of ether oxygens (including phenoxy) is 1. The van der Waals surface area contributed by atoms with Gasteiger partial charge in [-0.05, 0) is 37.0 Å². The molecule has 3 atom stereocenters. The monoisotopic (exact) mass is 230 g/mol. The summed E-state index contributed by atoms with van der Waals surface area (Å²) in [5.41, 5.74) is 5.54. The number of hydrogen-bond acceptors (Lipinski definition) is 2. The second-order valence-electron chi connectivity index (χ2n) is 5.53. The predicted molar refractivity (Wildman–Crippen MR) is 66.3 cm³/mol. The van der Waals surface area contributed by atoms with Gasteiger partial charge in [-0.15, -0.1) is 0 Å². The van der Waals surface area contributed by atoms with Crippen molar-refractivity contribution in [3.05, 3.63) is 34.4 Å². The quantitative estimate of drug-likeness (QED) is 0.597. The van der Waals surface area contributed by atoms with Crippen LogP contribution in [0.1, 0.15) is 33.6 Å². The highest BCUT2D eigenvalue weighted by molar-refractivity contribution is 5.75. The Morgan fingerprint density at radius 2 is 2.00 bits per heavy atom.